The fourth-order valence-electron chi connectivity index (χ4n) is 2.62. The largest absolute Gasteiger partial charge is 0.330 e. The molecule has 0 unspecified atom stereocenters. The summed E-state index contributed by atoms with van der Waals surface area (Å²) in [7, 11) is 0. The first-order chi connectivity index (χ1) is 9.35. The van der Waals surface area contributed by atoms with Gasteiger partial charge in [-0.1, -0.05) is 63.5 Å². The van der Waals surface area contributed by atoms with Gasteiger partial charge in [0.15, 0.2) is 0 Å². The van der Waals surface area contributed by atoms with E-state index in [0.717, 1.165) is 25.3 Å². The second kappa shape index (κ2) is 18.7. The van der Waals surface area contributed by atoms with Crippen molar-refractivity contribution in [3.05, 3.63) is 25.3 Å². The molecule has 0 aromatic carbocycles. The maximum atomic E-state index is 5.48. The van der Waals surface area contributed by atoms with E-state index in [1.807, 2.05) is 0 Å². The third-order valence-corrected chi connectivity index (χ3v) is 3.82. The molecule has 0 aromatic heterocycles. The number of hydrogen-bond donors (Lipinski definition) is 1. The van der Waals surface area contributed by atoms with Crippen molar-refractivity contribution in [2.75, 3.05) is 6.54 Å². The monoisotopic (exact) mass is 301 g/mol. The third kappa shape index (κ3) is 15.8. The van der Waals surface area contributed by atoms with Crippen LogP contribution in [0.2, 0.25) is 0 Å². The summed E-state index contributed by atoms with van der Waals surface area (Å²) in [5.74, 6) is 0.784. The summed E-state index contributed by atoms with van der Waals surface area (Å²) in [6.07, 6.45) is 20.0. The molecular formula is C18H36ClN. The van der Waals surface area contributed by atoms with Crippen LogP contribution in [-0.2, 0) is 0 Å². The lowest BCUT2D eigenvalue weighted by Crippen LogP contribution is -1.98. The fraction of sp³-hybridized carbons (Fsp3) is 0.778. The molecular weight excluding hydrogens is 266 g/mol. The van der Waals surface area contributed by atoms with Gasteiger partial charge in [-0.25, -0.2) is 0 Å². The van der Waals surface area contributed by atoms with Crippen molar-refractivity contribution in [3.63, 3.8) is 0 Å². The van der Waals surface area contributed by atoms with Gasteiger partial charge in [0, 0.05) is 0 Å². The van der Waals surface area contributed by atoms with Crippen LogP contribution in [-0.4, -0.2) is 6.54 Å². The zero-order valence-corrected chi connectivity index (χ0v) is 14.1. The van der Waals surface area contributed by atoms with Crippen LogP contribution < -0.4 is 5.73 Å². The van der Waals surface area contributed by atoms with Crippen LogP contribution in [0.1, 0.15) is 77.0 Å². The molecule has 0 fully saturated rings. The molecule has 0 aliphatic rings. The quantitative estimate of drug-likeness (QED) is 0.290. The molecule has 120 valence electrons. The van der Waals surface area contributed by atoms with E-state index in [1.54, 1.807) is 0 Å². The zero-order valence-electron chi connectivity index (χ0n) is 13.3. The van der Waals surface area contributed by atoms with Crippen molar-refractivity contribution < 1.29 is 0 Å². The first-order valence-corrected chi connectivity index (χ1v) is 8.27. The molecule has 0 radical (unpaired) electrons. The van der Waals surface area contributed by atoms with Gasteiger partial charge in [-0.05, 0) is 38.1 Å². The van der Waals surface area contributed by atoms with Gasteiger partial charge < -0.3 is 5.73 Å². The summed E-state index contributed by atoms with van der Waals surface area (Å²) in [5.41, 5.74) is 5.48. The highest BCUT2D eigenvalue weighted by molar-refractivity contribution is 5.85. The molecule has 0 amide bonds. The predicted octanol–water partition coefficient (Wildman–Crippen LogP) is 6.04. The van der Waals surface area contributed by atoms with Gasteiger partial charge in [-0.2, -0.15) is 0 Å². The molecule has 0 aliphatic heterocycles. The molecule has 0 aromatic rings. The summed E-state index contributed by atoms with van der Waals surface area (Å²) < 4.78 is 0. The van der Waals surface area contributed by atoms with E-state index in [4.69, 9.17) is 5.73 Å². The number of allylic oxidation sites excluding steroid dienone is 2. The van der Waals surface area contributed by atoms with Crippen molar-refractivity contribution in [2.45, 2.75) is 77.0 Å². The van der Waals surface area contributed by atoms with E-state index in [9.17, 15) is 0 Å². The lowest BCUT2D eigenvalue weighted by atomic mass is 9.94. The molecule has 2 heteroatoms. The Kier molecular flexibility index (Phi) is 20.6. The Labute approximate surface area is 133 Å². The van der Waals surface area contributed by atoms with E-state index >= 15 is 0 Å². The van der Waals surface area contributed by atoms with Gasteiger partial charge in [-0.15, -0.1) is 25.6 Å². The highest BCUT2D eigenvalue weighted by Crippen LogP contribution is 2.19. The average molecular weight is 302 g/mol. The Bertz CT molecular complexity index is 194. The number of hydrogen-bond acceptors (Lipinski definition) is 1. The normalized spacial score (nSPS) is 10.3. The van der Waals surface area contributed by atoms with Crippen LogP contribution in [0.3, 0.4) is 0 Å². The summed E-state index contributed by atoms with van der Waals surface area (Å²) in [6.45, 7) is 8.54. The number of unbranched alkanes of at least 4 members (excludes halogenated alkanes) is 8. The van der Waals surface area contributed by atoms with Gasteiger partial charge in [0.05, 0.1) is 0 Å². The van der Waals surface area contributed by atoms with Gasteiger partial charge in [0.2, 0.25) is 0 Å². The molecule has 0 rings (SSSR count). The van der Waals surface area contributed by atoms with Crippen molar-refractivity contribution in [1.82, 2.24) is 0 Å². The Balaban J connectivity index is 0. The minimum Gasteiger partial charge on any atom is -0.330 e. The van der Waals surface area contributed by atoms with Crippen LogP contribution >= 0.6 is 12.4 Å². The SMILES string of the molecule is C=CCC(CC=C)CCCCCCCCCCCN.Cl. The van der Waals surface area contributed by atoms with Gasteiger partial charge in [0.25, 0.3) is 0 Å². The topological polar surface area (TPSA) is 26.0 Å². The highest BCUT2D eigenvalue weighted by atomic mass is 35.5. The second-order valence-corrected chi connectivity index (χ2v) is 5.67. The molecule has 1 nitrogen and oxygen atoms in total. The van der Waals surface area contributed by atoms with E-state index in [1.165, 1.54) is 64.2 Å². The van der Waals surface area contributed by atoms with Crippen molar-refractivity contribution in [3.8, 4) is 0 Å². The van der Waals surface area contributed by atoms with Crippen LogP contribution in [0.25, 0.3) is 0 Å². The minimum atomic E-state index is 0. The van der Waals surface area contributed by atoms with E-state index in [-0.39, 0.29) is 12.4 Å². The smallest absolute Gasteiger partial charge is 0.00773 e. The van der Waals surface area contributed by atoms with Crippen molar-refractivity contribution in [2.24, 2.45) is 11.7 Å². The number of nitrogens with two attached hydrogens (primary N) is 1. The summed E-state index contributed by atoms with van der Waals surface area (Å²) in [6, 6.07) is 0. The Hall–Kier alpha value is -0.270. The molecule has 20 heavy (non-hydrogen) atoms. The number of halogens is 1. The minimum absolute atomic E-state index is 0. The Morgan fingerprint density at radius 3 is 1.50 bits per heavy atom. The van der Waals surface area contributed by atoms with Gasteiger partial charge >= 0.3 is 0 Å². The molecule has 0 atom stereocenters. The summed E-state index contributed by atoms with van der Waals surface area (Å²) in [5, 5.41) is 0. The lowest BCUT2D eigenvalue weighted by Gasteiger charge is -2.12. The molecule has 0 saturated heterocycles. The van der Waals surface area contributed by atoms with E-state index in [0.29, 0.717) is 0 Å². The first-order valence-electron chi connectivity index (χ1n) is 8.27. The Morgan fingerprint density at radius 1 is 0.700 bits per heavy atom. The van der Waals surface area contributed by atoms with Crippen LogP contribution in [0.15, 0.2) is 25.3 Å². The van der Waals surface area contributed by atoms with Crippen molar-refractivity contribution in [1.29, 1.82) is 0 Å². The summed E-state index contributed by atoms with van der Waals surface area (Å²) in [4.78, 5) is 0. The standard InChI is InChI=1S/C18H35N.ClH/c1-3-14-18(15-4-2)16-12-10-8-6-5-7-9-11-13-17-19;/h3-4,18H,1-2,5-17,19H2;1H. The lowest BCUT2D eigenvalue weighted by molar-refractivity contribution is 0.457. The maximum Gasteiger partial charge on any atom is -0.00773 e. The zero-order chi connectivity index (χ0) is 14.2. The summed E-state index contributed by atoms with van der Waals surface area (Å²) >= 11 is 0. The molecule has 0 saturated carbocycles. The molecule has 0 spiro atoms. The van der Waals surface area contributed by atoms with Crippen LogP contribution in [0.4, 0.5) is 0 Å². The third-order valence-electron chi connectivity index (χ3n) is 3.82. The first kappa shape index (κ1) is 22.0. The molecule has 0 bridgehead atoms. The van der Waals surface area contributed by atoms with E-state index < -0.39 is 0 Å². The average Bonchev–Trinajstić information content (AvgIpc) is 2.41. The van der Waals surface area contributed by atoms with Crippen molar-refractivity contribution >= 4 is 12.4 Å². The maximum absolute atomic E-state index is 5.48. The van der Waals surface area contributed by atoms with Crippen LogP contribution in [0.5, 0.6) is 0 Å². The predicted molar refractivity (Wildman–Crippen MR) is 95.6 cm³/mol. The Morgan fingerprint density at radius 2 is 1.10 bits per heavy atom. The van der Waals surface area contributed by atoms with E-state index in [2.05, 4.69) is 25.3 Å². The highest BCUT2D eigenvalue weighted by Gasteiger charge is 2.04. The second-order valence-electron chi connectivity index (χ2n) is 5.67. The van der Waals surface area contributed by atoms with Gasteiger partial charge in [0.1, 0.15) is 0 Å². The fourth-order valence-corrected chi connectivity index (χ4v) is 2.62. The molecule has 0 aliphatic carbocycles. The van der Waals surface area contributed by atoms with Crippen LogP contribution in [0, 0.1) is 5.92 Å². The number of rotatable bonds is 15. The molecule has 0 heterocycles. The van der Waals surface area contributed by atoms with Gasteiger partial charge in [-0.3, -0.25) is 0 Å². The molecule has 2 N–H and O–H groups in total.